The van der Waals surface area contributed by atoms with Crippen molar-refractivity contribution in [2.45, 2.75) is 6.92 Å². The Bertz CT molecular complexity index is 662. The number of methoxy groups -OCH3 is 1. The highest BCUT2D eigenvalue weighted by atomic mass is 16.5. The number of nitrogens with zero attached hydrogens (tertiary/aromatic N) is 1. The average Bonchev–Trinajstić information content (AvgIpc) is 2.53. The van der Waals surface area contributed by atoms with Crippen LogP contribution in [0, 0.1) is 6.92 Å². The summed E-state index contributed by atoms with van der Waals surface area (Å²) >= 11 is 0. The predicted molar refractivity (Wildman–Crippen MR) is 82.1 cm³/mol. The number of hydrogen-bond donors (Lipinski definition) is 0. The summed E-state index contributed by atoms with van der Waals surface area (Å²) in [5, 5.41) is 0. The molecule has 0 radical (unpaired) electrons. The predicted octanol–water partition coefficient (Wildman–Crippen LogP) is 2.83. The molecule has 0 aromatic heterocycles. The number of amides is 1. The molecule has 0 aliphatic carbocycles. The van der Waals surface area contributed by atoms with E-state index in [-0.39, 0.29) is 5.78 Å². The Labute approximate surface area is 124 Å². The van der Waals surface area contributed by atoms with E-state index in [0.717, 1.165) is 17.7 Å². The fourth-order valence-electron chi connectivity index (χ4n) is 2.06. The molecule has 2 aromatic carbocycles. The molecule has 0 heterocycles. The standard InChI is InChI=1S/C17H17NO3/c1-12-4-9-16(21-3)15(10-12)17(20)13-5-7-14(8-6-13)18(2)11-19/h4-11H,1-3H3. The Hall–Kier alpha value is -2.62. The van der Waals surface area contributed by atoms with Gasteiger partial charge in [-0.2, -0.15) is 0 Å². The van der Waals surface area contributed by atoms with E-state index < -0.39 is 0 Å². The monoisotopic (exact) mass is 283 g/mol. The molecule has 2 rings (SSSR count). The van der Waals surface area contributed by atoms with Gasteiger partial charge in [-0.25, -0.2) is 0 Å². The lowest BCUT2D eigenvalue weighted by Gasteiger charge is -2.12. The van der Waals surface area contributed by atoms with Crippen LogP contribution in [0.15, 0.2) is 42.5 Å². The Balaban J connectivity index is 2.36. The Morgan fingerprint density at radius 3 is 2.38 bits per heavy atom. The highest BCUT2D eigenvalue weighted by Crippen LogP contribution is 2.24. The fourth-order valence-corrected chi connectivity index (χ4v) is 2.06. The van der Waals surface area contributed by atoms with E-state index in [1.165, 1.54) is 4.90 Å². The smallest absolute Gasteiger partial charge is 0.213 e. The van der Waals surface area contributed by atoms with Crippen molar-refractivity contribution < 1.29 is 14.3 Å². The number of aryl methyl sites for hydroxylation is 1. The Morgan fingerprint density at radius 1 is 1.14 bits per heavy atom. The van der Waals surface area contributed by atoms with E-state index in [9.17, 15) is 9.59 Å². The van der Waals surface area contributed by atoms with E-state index in [2.05, 4.69) is 0 Å². The second-order valence-electron chi connectivity index (χ2n) is 4.80. The molecule has 0 spiro atoms. The van der Waals surface area contributed by atoms with Gasteiger partial charge >= 0.3 is 0 Å². The molecule has 0 unspecified atom stereocenters. The van der Waals surface area contributed by atoms with Crippen molar-refractivity contribution in [2.75, 3.05) is 19.1 Å². The van der Waals surface area contributed by atoms with Gasteiger partial charge in [0.25, 0.3) is 0 Å². The summed E-state index contributed by atoms with van der Waals surface area (Å²) in [7, 11) is 3.21. The molecule has 4 heteroatoms. The van der Waals surface area contributed by atoms with Crippen LogP contribution in [0.5, 0.6) is 5.75 Å². The number of carbonyl (C=O) groups is 2. The van der Waals surface area contributed by atoms with E-state index in [0.29, 0.717) is 16.9 Å². The molecule has 0 saturated heterocycles. The number of carbonyl (C=O) groups excluding carboxylic acids is 2. The molecule has 0 atom stereocenters. The molecule has 1 amide bonds. The third kappa shape index (κ3) is 3.11. The van der Waals surface area contributed by atoms with E-state index in [4.69, 9.17) is 4.74 Å². The lowest BCUT2D eigenvalue weighted by Crippen LogP contribution is -2.13. The second-order valence-corrected chi connectivity index (χ2v) is 4.80. The van der Waals surface area contributed by atoms with Crippen molar-refractivity contribution in [3.05, 3.63) is 59.2 Å². The lowest BCUT2D eigenvalue weighted by atomic mass is 10.0. The van der Waals surface area contributed by atoms with Crippen molar-refractivity contribution in [3.8, 4) is 5.75 Å². The molecule has 108 valence electrons. The summed E-state index contributed by atoms with van der Waals surface area (Å²) in [6.07, 6.45) is 0.723. The maximum absolute atomic E-state index is 12.6. The van der Waals surface area contributed by atoms with Gasteiger partial charge in [0.05, 0.1) is 12.7 Å². The first-order valence-corrected chi connectivity index (χ1v) is 6.54. The molecule has 0 aliphatic heterocycles. The highest BCUT2D eigenvalue weighted by Gasteiger charge is 2.15. The van der Waals surface area contributed by atoms with Crippen molar-refractivity contribution in [1.82, 2.24) is 0 Å². The van der Waals surface area contributed by atoms with Crippen molar-refractivity contribution >= 4 is 17.9 Å². The van der Waals surface area contributed by atoms with Crippen LogP contribution in [0.25, 0.3) is 0 Å². The van der Waals surface area contributed by atoms with Crippen LogP contribution in [0.3, 0.4) is 0 Å². The first-order chi connectivity index (χ1) is 10.1. The summed E-state index contributed by atoms with van der Waals surface area (Å²) < 4.78 is 5.25. The Morgan fingerprint density at radius 2 is 1.81 bits per heavy atom. The second kappa shape index (κ2) is 6.22. The quantitative estimate of drug-likeness (QED) is 0.626. The van der Waals surface area contributed by atoms with E-state index in [1.807, 2.05) is 19.1 Å². The molecule has 0 N–H and O–H groups in total. The zero-order valence-corrected chi connectivity index (χ0v) is 12.3. The van der Waals surface area contributed by atoms with Crippen LogP contribution in [0.2, 0.25) is 0 Å². The van der Waals surface area contributed by atoms with Crippen molar-refractivity contribution in [2.24, 2.45) is 0 Å². The first-order valence-electron chi connectivity index (χ1n) is 6.54. The maximum atomic E-state index is 12.6. The largest absolute Gasteiger partial charge is 0.496 e. The molecule has 2 aromatic rings. The maximum Gasteiger partial charge on any atom is 0.213 e. The van der Waals surface area contributed by atoms with Gasteiger partial charge < -0.3 is 9.64 Å². The number of rotatable bonds is 5. The number of hydrogen-bond acceptors (Lipinski definition) is 3. The highest BCUT2D eigenvalue weighted by molar-refractivity contribution is 6.11. The molecule has 0 fully saturated rings. The zero-order valence-electron chi connectivity index (χ0n) is 12.3. The van der Waals surface area contributed by atoms with Crippen LogP contribution >= 0.6 is 0 Å². The molecule has 0 aliphatic rings. The number of anilines is 1. The van der Waals surface area contributed by atoms with E-state index >= 15 is 0 Å². The van der Waals surface area contributed by atoms with Gasteiger partial charge in [-0.3, -0.25) is 9.59 Å². The van der Waals surface area contributed by atoms with Crippen molar-refractivity contribution in [3.63, 3.8) is 0 Å². The Kier molecular flexibility index (Phi) is 4.38. The van der Waals surface area contributed by atoms with Crippen molar-refractivity contribution in [1.29, 1.82) is 0 Å². The van der Waals surface area contributed by atoms with Gasteiger partial charge in [-0.05, 0) is 43.3 Å². The third-order valence-corrected chi connectivity index (χ3v) is 3.29. The fraction of sp³-hybridized carbons (Fsp3) is 0.176. The van der Waals surface area contributed by atoms with Gasteiger partial charge in [-0.1, -0.05) is 11.6 Å². The summed E-state index contributed by atoms with van der Waals surface area (Å²) in [5.41, 5.74) is 2.82. The average molecular weight is 283 g/mol. The minimum Gasteiger partial charge on any atom is -0.496 e. The van der Waals surface area contributed by atoms with Gasteiger partial charge in [0.15, 0.2) is 5.78 Å². The van der Waals surface area contributed by atoms with Crippen LogP contribution in [-0.4, -0.2) is 26.4 Å². The molecular weight excluding hydrogens is 266 g/mol. The van der Waals surface area contributed by atoms with Crippen LogP contribution in [0.4, 0.5) is 5.69 Å². The first kappa shape index (κ1) is 14.8. The van der Waals surface area contributed by atoms with Crippen LogP contribution in [-0.2, 0) is 4.79 Å². The summed E-state index contributed by atoms with van der Waals surface area (Å²) in [6.45, 7) is 1.93. The van der Waals surface area contributed by atoms with Gasteiger partial charge in [0.2, 0.25) is 6.41 Å². The van der Waals surface area contributed by atoms with E-state index in [1.54, 1.807) is 44.5 Å². The molecule has 0 saturated carbocycles. The van der Waals surface area contributed by atoms with Crippen LogP contribution < -0.4 is 9.64 Å². The number of ether oxygens (including phenoxy) is 1. The summed E-state index contributed by atoms with van der Waals surface area (Å²) in [5.74, 6) is 0.454. The minimum absolute atomic E-state index is 0.101. The minimum atomic E-state index is -0.101. The van der Waals surface area contributed by atoms with Gasteiger partial charge in [-0.15, -0.1) is 0 Å². The number of benzene rings is 2. The molecular formula is C17H17NO3. The third-order valence-electron chi connectivity index (χ3n) is 3.29. The van der Waals surface area contributed by atoms with Crippen LogP contribution in [0.1, 0.15) is 21.5 Å². The molecule has 21 heavy (non-hydrogen) atoms. The molecule has 4 nitrogen and oxygen atoms in total. The van der Waals surface area contributed by atoms with Gasteiger partial charge in [0, 0.05) is 18.3 Å². The SMILES string of the molecule is COc1ccc(C)cc1C(=O)c1ccc(N(C)C=O)cc1. The molecule has 0 bridgehead atoms. The lowest BCUT2D eigenvalue weighted by molar-refractivity contribution is -0.107. The zero-order chi connectivity index (χ0) is 15.4. The topological polar surface area (TPSA) is 46.6 Å². The number of ketones is 1. The van der Waals surface area contributed by atoms with Gasteiger partial charge in [0.1, 0.15) is 5.75 Å². The summed E-state index contributed by atoms with van der Waals surface area (Å²) in [6, 6.07) is 12.4. The summed E-state index contributed by atoms with van der Waals surface area (Å²) in [4.78, 5) is 24.7. The normalized spacial score (nSPS) is 10.0.